The second kappa shape index (κ2) is 9.64. The first-order valence-corrected chi connectivity index (χ1v) is 9.12. The minimum Gasteiger partial charge on any atom is -0.480 e. The van der Waals surface area contributed by atoms with Crippen LogP contribution in [-0.4, -0.2) is 65.0 Å². The van der Waals surface area contributed by atoms with E-state index < -0.39 is 5.97 Å². The van der Waals surface area contributed by atoms with E-state index in [2.05, 4.69) is 10.2 Å². The van der Waals surface area contributed by atoms with E-state index in [-0.39, 0.29) is 30.4 Å². The van der Waals surface area contributed by atoms with Gasteiger partial charge in [0, 0.05) is 25.7 Å². The molecule has 1 saturated heterocycles. The van der Waals surface area contributed by atoms with E-state index in [1.165, 1.54) is 12.1 Å². The molecule has 2 N–H and O–H groups in total. The molecular formula is C19H28FN3O3. The number of carbonyl (C=O) groups excluding carboxylic acids is 1. The van der Waals surface area contributed by atoms with E-state index in [0.29, 0.717) is 13.1 Å². The molecule has 0 aliphatic carbocycles. The number of carbonyl (C=O) groups is 2. The first-order valence-electron chi connectivity index (χ1n) is 9.12. The van der Waals surface area contributed by atoms with Crippen LogP contribution in [-0.2, 0) is 16.1 Å². The van der Waals surface area contributed by atoms with Gasteiger partial charge in [0.1, 0.15) is 5.82 Å². The maximum atomic E-state index is 12.9. The van der Waals surface area contributed by atoms with Crippen molar-refractivity contribution in [2.45, 2.75) is 45.3 Å². The van der Waals surface area contributed by atoms with Crippen LogP contribution in [0.15, 0.2) is 24.3 Å². The number of amides is 1. The minimum atomic E-state index is -0.803. The molecule has 1 atom stereocenters. The third kappa shape index (κ3) is 5.78. The molecule has 2 rings (SSSR count). The second-order valence-corrected chi connectivity index (χ2v) is 6.74. The van der Waals surface area contributed by atoms with Crippen LogP contribution < -0.4 is 5.32 Å². The Morgan fingerprint density at radius 3 is 2.46 bits per heavy atom. The van der Waals surface area contributed by atoms with Crippen LogP contribution in [0.4, 0.5) is 4.39 Å². The zero-order chi connectivity index (χ0) is 19.1. The Morgan fingerprint density at radius 1 is 1.31 bits per heavy atom. The van der Waals surface area contributed by atoms with Crippen LogP contribution in [0.5, 0.6) is 0 Å². The highest BCUT2D eigenvalue weighted by atomic mass is 19.1. The predicted octanol–water partition coefficient (Wildman–Crippen LogP) is 1.70. The first kappa shape index (κ1) is 20.3. The second-order valence-electron chi connectivity index (χ2n) is 6.74. The highest BCUT2D eigenvalue weighted by Gasteiger charge is 2.29. The molecule has 6 nitrogen and oxygen atoms in total. The van der Waals surface area contributed by atoms with Gasteiger partial charge in [0.2, 0.25) is 5.91 Å². The Morgan fingerprint density at radius 2 is 1.92 bits per heavy atom. The number of rotatable bonds is 8. The standard InChI is InChI=1S/C19H28FN3O3/c1-3-22(13-18(24)25)17-8-10-23(11-9-17)14(2)19(26)21-12-15-4-6-16(20)7-5-15/h4-7,14,17H,3,8-13H2,1-2H3,(H,21,26)(H,24,25). The maximum Gasteiger partial charge on any atom is 0.317 e. The lowest BCUT2D eigenvalue weighted by atomic mass is 10.0. The van der Waals surface area contributed by atoms with E-state index in [4.69, 9.17) is 5.11 Å². The van der Waals surface area contributed by atoms with Gasteiger partial charge in [0.25, 0.3) is 0 Å². The summed E-state index contributed by atoms with van der Waals surface area (Å²) in [7, 11) is 0. The third-order valence-electron chi connectivity index (χ3n) is 5.07. The van der Waals surface area contributed by atoms with Crippen molar-refractivity contribution in [3.05, 3.63) is 35.6 Å². The molecule has 1 aromatic carbocycles. The van der Waals surface area contributed by atoms with Gasteiger partial charge in [-0.25, -0.2) is 4.39 Å². The summed E-state index contributed by atoms with van der Waals surface area (Å²) in [4.78, 5) is 27.5. The molecule has 7 heteroatoms. The first-order chi connectivity index (χ1) is 12.4. The summed E-state index contributed by atoms with van der Waals surface area (Å²) >= 11 is 0. The molecule has 0 spiro atoms. The lowest BCUT2D eigenvalue weighted by Gasteiger charge is -2.39. The highest BCUT2D eigenvalue weighted by Crippen LogP contribution is 2.18. The summed E-state index contributed by atoms with van der Waals surface area (Å²) in [6.07, 6.45) is 1.72. The zero-order valence-corrected chi connectivity index (χ0v) is 15.4. The van der Waals surface area contributed by atoms with Crippen LogP contribution >= 0.6 is 0 Å². The summed E-state index contributed by atoms with van der Waals surface area (Å²) in [6.45, 7) is 6.55. The van der Waals surface area contributed by atoms with Gasteiger partial charge in [0.05, 0.1) is 12.6 Å². The third-order valence-corrected chi connectivity index (χ3v) is 5.07. The highest BCUT2D eigenvalue weighted by molar-refractivity contribution is 5.81. The lowest BCUT2D eigenvalue weighted by molar-refractivity contribution is -0.139. The lowest BCUT2D eigenvalue weighted by Crippen LogP contribution is -2.52. The van der Waals surface area contributed by atoms with E-state index in [1.807, 2.05) is 18.7 Å². The number of hydrogen-bond donors (Lipinski definition) is 2. The van der Waals surface area contributed by atoms with Crippen molar-refractivity contribution in [2.75, 3.05) is 26.2 Å². The average Bonchev–Trinajstić information content (AvgIpc) is 2.64. The smallest absolute Gasteiger partial charge is 0.317 e. The van der Waals surface area contributed by atoms with Gasteiger partial charge < -0.3 is 10.4 Å². The predicted molar refractivity (Wildman–Crippen MR) is 97.2 cm³/mol. The molecule has 144 valence electrons. The number of halogens is 1. The number of hydrogen-bond acceptors (Lipinski definition) is 4. The SMILES string of the molecule is CCN(CC(=O)O)C1CCN(C(C)C(=O)NCc2ccc(F)cc2)CC1. The molecule has 0 aromatic heterocycles. The number of carboxylic acids is 1. The Hall–Kier alpha value is -1.99. The van der Waals surface area contributed by atoms with Crippen molar-refractivity contribution in [3.8, 4) is 0 Å². The van der Waals surface area contributed by atoms with Crippen LogP contribution in [0.3, 0.4) is 0 Å². The molecule has 0 bridgehead atoms. The Balaban J connectivity index is 1.79. The molecule has 26 heavy (non-hydrogen) atoms. The molecule has 0 saturated carbocycles. The zero-order valence-electron chi connectivity index (χ0n) is 15.4. The van der Waals surface area contributed by atoms with Crippen LogP contribution in [0, 0.1) is 5.82 Å². The van der Waals surface area contributed by atoms with Gasteiger partial charge in [-0.05, 0) is 44.0 Å². The molecule has 1 unspecified atom stereocenters. The van der Waals surface area contributed by atoms with Gasteiger partial charge in [-0.15, -0.1) is 0 Å². The summed E-state index contributed by atoms with van der Waals surface area (Å²) in [5.41, 5.74) is 0.859. The maximum absolute atomic E-state index is 12.9. The molecular weight excluding hydrogens is 337 g/mol. The van der Waals surface area contributed by atoms with Crippen molar-refractivity contribution in [2.24, 2.45) is 0 Å². The van der Waals surface area contributed by atoms with E-state index in [1.54, 1.807) is 12.1 Å². The quantitative estimate of drug-likeness (QED) is 0.734. The topological polar surface area (TPSA) is 72.9 Å². The summed E-state index contributed by atoms with van der Waals surface area (Å²) in [5.74, 6) is -1.14. The van der Waals surface area contributed by atoms with Gasteiger partial charge in [-0.1, -0.05) is 19.1 Å². The normalized spacial score (nSPS) is 17.2. The Labute approximate surface area is 154 Å². The molecule has 0 radical (unpaired) electrons. The number of aliphatic carboxylic acids is 1. The number of benzene rings is 1. The monoisotopic (exact) mass is 365 g/mol. The van der Waals surface area contributed by atoms with Crippen LogP contribution in [0.2, 0.25) is 0 Å². The van der Waals surface area contributed by atoms with Crippen molar-refractivity contribution >= 4 is 11.9 Å². The van der Waals surface area contributed by atoms with Crippen molar-refractivity contribution in [3.63, 3.8) is 0 Å². The average molecular weight is 365 g/mol. The van der Waals surface area contributed by atoms with Crippen molar-refractivity contribution < 1.29 is 19.1 Å². The summed E-state index contributed by atoms with van der Waals surface area (Å²) < 4.78 is 12.9. The summed E-state index contributed by atoms with van der Waals surface area (Å²) in [6, 6.07) is 6.09. The molecule has 1 heterocycles. The number of nitrogens with zero attached hydrogens (tertiary/aromatic N) is 2. The van der Waals surface area contributed by atoms with Gasteiger partial charge in [0.15, 0.2) is 0 Å². The van der Waals surface area contributed by atoms with Gasteiger partial charge in [-0.2, -0.15) is 0 Å². The fraction of sp³-hybridized carbons (Fsp3) is 0.579. The van der Waals surface area contributed by atoms with E-state index in [0.717, 1.165) is 31.5 Å². The Kier molecular flexibility index (Phi) is 7.53. The number of likely N-dealkylation sites (tertiary alicyclic amines) is 1. The van der Waals surface area contributed by atoms with Crippen LogP contribution in [0.1, 0.15) is 32.3 Å². The van der Waals surface area contributed by atoms with Crippen molar-refractivity contribution in [1.82, 2.24) is 15.1 Å². The van der Waals surface area contributed by atoms with Crippen molar-refractivity contribution in [1.29, 1.82) is 0 Å². The van der Waals surface area contributed by atoms with Gasteiger partial charge >= 0.3 is 5.97 Å². The molecule has 1 aliphatic rings. The van der Waals surface area contributed by atoms with E-state index >= 15 is 0 Å². The Bertz CT molecular complexity index is 601. The van der Waals surface area contributed by atoms with Gasteiger partial charge in [-0.3, -0.25) is 19.4 Å². The largest absolute Gasteiger partial charge is 0.480 e. The molecule has 1 aliphatic heterocycles. The number of nitrogens with one attached hydrogen (secondary N) is 1. The fourth-order valence-electron chi connectivity index (χ4n) is 3.42. The number of likely N-dealkylation sites (N-methyl/N-ethyl adjacent to an activating group) is 1. The molecule has 1 aromatic rings. The van der Waals surface area contributed by atoms with E-state index in [9.17, 15) is 14.0 Å². The number of piperidine rings is 1. The molecule has 1 amide bonds. The van der Waals surface area contributed by atoms with Crippen LogP contribution in [0.25, 0.3) is 0 Å². The minimum absolute atomic E-state index is 0.0503. The summed E-state index contributed by atoms with van der Waals surface area (Å²) in [5, 5.41) is 11.9. The fourth-order valence-corrected chi connectivity index (χ4v) is 3.42. The molecule has 1 fully saturated rings. The number of carboxylic acid groups (broad SMARTS) is 1.